The summed E-state index contributed by atoms with van der Waals surface area (Å²) in [6.07, 6.45) is 0.786. The number of rotatable bonds is 6. The molecule has 4 rings (SSSR count). The van der Waals surface area contributed by atoms with Crippen LogP contribution in [0.5, 0.6) is 11.5 Å². The molecule has 0 radical (unpaired) electrons. The highest BCUT2D eigenvalue weighted by atomic mass is 35.5. The van der Waals surface area contributed by atoms with E-state index in [9.17, 15) is 17.6 Å². The van der Waals surface area contributed by atoms with Gasteiger partial charge in [0.05, 0.1) is 11.8 Å². The number of halogens is 2. The van der Waals surface area contributed by atoms with Gasteiger partial charge in [0, 0.05) is 29.6 Å². The quantitative estimate of drug-likeness (QED) is 0.659. The summed E-state index contributed by atoms with van der Waals surface area (Å²) < 4.78 is 52.1. The zero-order valence-electron chi connectivity index (χ0n) is 18.2. The number of fused-ring (bicyclic) bond motifs is 1. The lowest BCUT2D eigenvalue weighted by atomic mass is 9.96. The van der Waals surface area contributed by atoms with Crippen molar-refractivity contribution in [2.45, 2.75) is 31.6 Å². The van der Waals surface area contributed by atoms with Crippen molar-refractivity contribution in [2.75, 3.05) is 26.3 Å². The number of nitrogens with zero attached hydrogens (tertiary/aromatic N) is 1. The predicted molar refractivity (Wildman–Crippen MR) is 122 cm³/mol. The molecule has 7 nitrogen and oxygen atoms in total. The maximum absolute atomic E-state index is 14.0. The van der Waals surface area contributed by atoms with E-state index >= 15 is 0 Å². The molecule has 2 aromatic rings. The summed E-state index contributed by atoms with van der Waals surface area (Å²) in [4.78, 5) is 12.8. The molecule has 1 amide bonds. The number of amides is 1. The first-order valence-electron chi connectivity index (χ1n) is 10.9. The minimum absolute atomic E-state index is 0.0349. The minimum Gasteiger partial charge on any atom is -0.486 e. The van der Waals surface area contributed by atoms with Crippen LogP contribution < -0.4 is 14.8 Å². The Morgan fingerprint density at radius 1 is 1.18 bits per heavy atom. The monoisotopic (exact) mass is 496 g/mol. The smallest absolute Gasteiger partial charge is 0.223 e. The Morgan fingerprint density at radius 2 is 1.88 bits per heavy atom. The van der Waals surface area contributed by atoms with E-state index in [4.69, 9.17) is 21.1 Å². The third-order valence-corrected chi connectivity index (χ3v) is 8.19. The van der Waals surface area contributed by atoms with Gasteiger partial charge < -0.3 is 14.8 Å². The van der Waals surface area contributed by atoms with Crippen molar-refractivity contribution in [2.24, 2.45) is 5.92 Å². The Hall–Kier alpha value is -2.36. The molecule has 178 valence electrons. The standard InChI is InChI=1S/C23H26ClFN2O5S/c1-15(17-5-6-21-22(13-17)32-12-11-31-21)26-23(28)16-7-9-27(10-8-16)33(29,30)14-18-19(24)3-2-4-20(18)25/h2-6,13,15-16H,7-12,14H2,1H3,(H,26,28)/t15-/m1/s1. The summed E-state index contributed by atoms with van der Waals surface area (Å²) >= 11 is 5.99. The van der Waals surface area contributed by atoms with Gasteiger partial charge in [0.2, 0.25) is 15.9 Å². The van der Waals surface area contributed by atoms with Gasteiger partial charge in [-0.15, -0.1) is 0 Å². The highest BCUT2D eigenvalue weighted by Crippen LogP contribution is 2.33. The zero-order valence-corrected chi connectivity index (χ0v) is 19.8. The van der Waals surface area contributed by atoms with E-state index in [1.54, 1.807) is 0 Å². The lowest BCUT2D eigenvalue weighted by molar-refractivity contribution is -0.126. The fourth-order valence-electron chi connectivity index (χ4n) is 4.08. The number of hydrogen-bond donors (Lipinski definition) is 1. The van der Waals surface area contributed by atoms with Crippen molar-refractivity contribution in [3.05, 3.63) is 58.4 Å². The van der Waals surface area contributed by atoms with Gasteiger partial charge in [0.1, 0.15) is 19.0 Å². The first kappa shape index (κ1) is 23.8. The van der Waals surface area contributed by atoms with Crippen molar-refractivity contribution in [3.63, 3.8) is 0 Å². The van der Waals surface area contributed by atoms with Crippen LogP contribution >= 0.6 is 11.6 Å². The summed E-state index contributed by atoms with van der Waals surface area (Å²) in [5.74, 6) is -0.216. The fourth-order valence-corrected chi connectivity index (χ4v) is 6.00. The zero-order chi connectivity index (χ0) is 23.6. The van der Waals surface area contributed by atoms with Crippen LogP contribution in [0.2, 0.25) is 5.02 Å². The molecule has 2 aliphatic heterocycles. The molecule has 0 saturated carbocycles. The highest BCUT2D eigenvalue weighted by molar-refractivity contribution is 7.88. The number of ether oxygens (including phenoxy) is 2. The maximum Gasteiger partial charge on any atom is 0.223 e. The summed E-state index contributed by atoms with van der Waals surface area (Å²) in [6, 6.07) is 9.44. The molecule has 0 aliphatic carbocycles. The Kier molecular flexibility index (Phi) is 7.11. The molecular formula is C23H26ClFN2O5S. The molecule has 1 atom stereocenters. The van der Waals surface area contributed by atoms with E-state index in [0.29, 0.717) is 37.6 Å². The minimum atomic E-state index is -3.75. The Balaban J connectivity index is 1.33. The van der Waals surface area contributed by atoms with E-state index < -0.39 is 21.6 Å². The van der Waals surface area contributed by atoms with E-state index in [1.165, 1.54) is 22.5 Å². The second-order valence-corrected chi connectivity index (χ2v) is 10.6. The van der Waals surface area contributed by atoms with Gasteiger partial charge in [-0.1, -0.05) is 23.7 Å². The molecule has 0 unspecified atom stereocenters. The van der Waals surface area contributed by atoms with Gasteiger partial charge in [-0.05, 0) is 49.6 Å². The van der Waals surface area contributed by atoms with Gasteiger partial charge >= 0.3 is 0 Å². The Bertz CT molecular complexity index is 1120. The number of hydrogen-bond acceptors (Lipinski definition) is 5. The van der Waals surface area contributed by atoms with Crippen molar-refractivity contribution in [1.82, 2.24) is 9.62 Å². The van der Waals surface area contributed by atoms with Crippen LogP contribution in [0.1, 0.15) is 36.9 Å². The lowest BCUT2D eigenvalue weighted by Crippen LogP contribution is -2.43. The largest absolute Gasteiger partial charge is 0.486 e. The molecule has 0 aromatic heterocycles. The lowest BCUT2D eigenvalue weighted by Gasteiger charge is -2.31. The number of carbonyl (C=O) groups excluding carboxylic acids is 1. The molecule has 1 N–H and O–H groups in total. The third-order valence-electron chi connectivity index (χ3n) is 6.03. The summed E-state index contributed by atoms with van der Waals surface area (Å²) in [6.45, 7) is 3.29. The fraction of sp³-hybridized carbons (Fsp3) is 0.435. The van der Waals surface area contributed by atoms with Crippen molar-refractivity contribution in [3.8, 4) is 11.5 Å². The van der Waals surface area contributed by atoms with Gasteiger partial charge in [-0.2, -0.15) is 0 Å². The highest BCUT2D eigenvalue weighted by Gasteiger charge is 2.32. The summed E-state index contributed by atoms with van der Waals surface area (Å²) in [5.41, 5.74) is 0.863. The van der Waals surface area contributed by atoms with Crippen LogP contribution in [0, 0.1) is 11.7 Å². The molecule has 10 heteroatoms. The van der Waals surface area contributed by atoms with Gasteiger partial charge in [-0.3, -0.25) is 4.79 Å². The molecular weight excluding hydrogens is 471 g/mol. The van der Waals surface area contributed by atoms with Gasteiger partial charge in [0.15, 0.2) is 11.5 Å². The predicted octanol–water partition coefficient (Wildman–Crippen LogP) is 3.67. The number of piperidine rings is 1. The number of carbonyl (C=O) groups is 1. The second-order valence-electron chi connectivity index (χ2n) is 8.26. The molecule has 1 fully saturated rings. The van der Waals surface area contributed by atoms with Gasteiger partial charge in [0.25, 0.3) is 0 Å². The molecule has 1 saturated heterocycles. The van der Waals surface area contributed by atoms with Crippen molar-refractivity contribution >= 4 is 27.5 Å². The molecule has 2 aromatic carbocycles. The maximum atomic E-state index is 14.0. The van der Waals surface area contributed by atoms with Crippen LogP contribution in [0.15, 0.2) is 36.4 Å². The normalized spacial score (nSPS) is 18.0. The van der Waals surface area contributed by atoms with Crippen LogP contribution in [-0.4, -0.2) is 44.9 Å². The van der Waals surface area contributed by atoms with Crippen molar-refractivity contribution in [1.29, 1.82) is 0 Å². The topological polar surface area (TPSA) is 84.9 Å². The number of sulfonamides is 1. The van der Waals surface area contributed by atoms with Crippen LogP contribution in [0.4, 0.5) is 4.39 Å². The SMILES string of the molecule is C[C@@H](NC(=O)C1CCN(S(=O)(=O)Cc2c(F)cccc2Cl)CC1)c1ccc2c(c1)OCCO2. The van der Waals surface area contributed by atoms with Gasteiger partial charge in [-0.25, -0.2) is 17.1 Å². The van der Waals surface area contributed by atoms with Crippen LogP contribution in [-0.2, 0) is 20.6 Å². The van der Waals surface area contributed by atoms with E-state index in [0.717, 1.165) is 5.56 Å². The molecule has 0 spiro atoms. The first-order chi connectivity index (χ1) is 15.7. The van der Waals surface area contributed by atoms with Crippen LogP contribution in [0.3, 0.4) is 0 Å². The Labute approximate surface area is 197 Å². The number of nitrogens with one attached hydrogen (secondary N) is 1. The second kappa shape index (κ2) is 9.87. The van der Waals surface area contributed by atoms with E-state index in [2.05, 4.69) is 5.32 Å². The summed E-state index contributed by atoms with van der Waals surface area (Å²) in [7, 11) is -3.75. The average molecular weight is 497 g/mol. The number of benzene rings is 2. The van der Waals surface area contributed by atoms with E-state index in [-0.39, 0.29) is 41.5 Å². The third kappa shape index (κ3) is 5.42. The molecule has 0 bridgehead atoms. The van der Waals surface area contributed by atoms with Crippen LogP contribution in [0.25, 0.3) is 0 Å². The molecule has 2 heterocycles. The molecule has 33 heavy (non-hydrogen) atoms. The summed E-state index contributed by atoms with van der Waals surface area (Å²) in [5, 5.41) is 3.09. The molecule has 2 aliphatic rings. The average Bonchev–Trinajstić information content (AvgIpc) is 2.81. The van der Waals surface area contributed by atoms with E-state index in [1.807, 2.05) is 25.1 Å². The Morgan fingerprint density at radius 3 is 2.58 bits per heavy atom. The van der Waals surface area contributed by atoms with Crippen molar-refractivity contribution < 1.29 is 27.1 Å². The first-order valence-corrected chi connectivity index (χ1v) is 12.8.